The molecule has 0 fully saturated rings. The van der Waals surface area contributed by atoms with E-state index in [2.05, 4.69) is 10.3 Å². The van der Waals surface area contributed by atoms with E-state index >= 15 is 0 Å². The van der Waals surface area contributed by atoms with Crippen LogP contribution in [-0.4, -0.2) is 9.55 Å². The minimum absolute atomic E-state index is 0.378. The second-order valence-corrected chi connectivity index (χ2v) is 4.95. The van der Waals surface area contributed by atoms with Gasteiger partial charge in [0.15, 0.2) is 5.22 Å². The number of nitrogens with one attached hydrogen (secondary N) is 1. The second-order valence-electron chi connectivity index (χ2n) is 4.17. The van der Waals surface area contributed by atoms with E-state index in [1.165, 1.54) is 0 Å². The van der Waals surface area contributed by atoms with Crippen LogP contribution < -0.4 is 5.32 Å². The van der Waals surface area contributed by atoms with Crippen LogP contribution in [0.15, 0.2) is 53.5 Å². The first-order valence-corrected chi connectivity index (χ1v) is 6.74. The van der Waals surface area contributed by atoms with Gasteiger partial charge in [-0.1, -0.05) is 17.7 Å². The van der Waals surface area contributed by atoms with Crippen LogP contribution in [0, 0.1) is 0 Å². The van der Waals surface area contributed by atoms with Crippen molar-refractivity contribution in [3.8, 4) is 5.69 Å². The standard InChI is InChI=1S/C14H11Cl2N3O/c15-11-2-1-3-12(14(11)19-7-6-17-9-19)18-8-10-4-5-13(16)20-10/h1-7,9,18H,8H2. The van der Waals surface area contributed by atoms with Crippen molar-refractivity contribution in [1.29, 1.82) is 0 Å². The Kier molecular flexibility index (Phi) is 3.67. The number of rotatable bonds is 4. The minimum Gasteiger partial charge on any atom is -0.448 e. The molecular weight excluding hydrogens is 297 g/mol. The molecule has 0 atom stereocenters. The van der Waals surface area contributed by atoms with Gasteiger partial charge in [-0.3, -0.25) is 0 Å². The maximum Gasteiger partial charge on any atom is 0.193 e. The number of aromatic nitrogens is 2. The number of hydrogen-bond acceptors (Lipinski definition) is 3. The Balaban J connectivity index is 1.88. The third-order valence-electron chi connectivity index (χ3n) is 2.83. The zero-order valence-corrected chi connectivity index (χ0v) is 11.9. The lowest BCUT2D eigenvalue weighted by molar-refractivity contribution is 0.520. The van der Waals surface area contributed by atoms with E-state index in [0.717, 1.165) is 17.1 Å². The summed E-state index contributed by atoms with van der Waals surface area (Å²) in [5.41, 5.74) is 1.74. The van der Waals surface area contributed by atoms with Gasteiger partial charge in [0.05, 0.1) is 29.3 Å². The van der Waals surface area contributed by atoms with Gasteiger partial charge < -0.3 is 14.3 Å². The van der Waals surface area contributed by atoms with Crippen molar-refractivity contribution >= 4 is 28.9 Å². The normalized spacial score (nSPS) is 10.7. The molecule has 3 aromatic rings. The van der Waals surface area contributed by atoms with Crippen molar-refractivity contribution in [2.75, 3.05) is 5.32 Å². The molecule has 0 amide bonds. The number of anilines is 1. The van der Waals surface area contributed by atoms with Crippen molar-refractivity contribution < 1.29 is 4.42 Å². The third kappa shape index (κ3) is 2.66. The predicted octanol–water partition coefficient (Wildman–Crippen LogP) is 4.38. The zero-order chi connectivity index (χ0) is 13.9. The topological polar surface area (TPSA) is 43.0 Å². The molecule has 6 heteroatoms. The van der Waals surface area contributed by atoms with Crippen LogP contribution in [0.4, 0.5) is 5.69 Å². The lowest BCUT2D eigenvalue weighted by Gasteiger charge is -2.13. The van der Waals surface area contributed by atoms with E-state index in [0.29, 0.717) is 16.8 Å². The first kappa shape index (κ1) is 13.1. The van der Waals surface area contributed by atoms with Gasteiger partial charge in [-0.05, 0) is 35.9 Å². The van der Waals surface area contributed by atoms with Crippen molar-refractivity contribution in [1.82, 2.24) is 9.55 Å². The molecule has 1 N–H and O–H groups in total. The summed E-state index contributed by atoms with van der Waals surface area (Å²) in [6, 6.07) is 9.22. The van der Waals surface area contributed by atoms with Gasteiger partial charge in [0, 0.05) is 12.4 Å². The van der Waals surface area contributed by atoms with Gasteiger partial charge in [-0.25, -0.2) is 4.98 Å². The van der Waals surface area contributed by atoms with Crippen LogP contribution in [0.1, 0.15) is 5.76 Å². The maximum atomic E-state index is 6.27. The molecule has 0 bridgehead atoms. The molecule has 0 spiro atoms. The molecule has 0 aliphatic carbocycles. The summed E-state index contributed by atoms with van der Waals surface area (Å²) in [5, 5.41) is 4.31. The third-order valence-corrected chi connectivity index (χ3v) is 3.34. The quantitative estimate of drug-likeness (QED) is 0.777. The summed E-state index contributed by atoms with van der Waals surface area (Å²) in [7, 11) is 0. The SMILES string of the molecule is Clc1ccc(CNc2cccc(Cl)c2-n2ccnc2)o1. The molecule has 1 aromatic carbocycles. The van der Waals surface area contributed by atoms with Crippen LogP contribution in [0.2, 0.25) is 10.2 Å². The van der Waals surface area contributed by atoms with Gasteiger partial charge in [0.25, 0.3) is 0 Å². The molecule has 20 heavy (non-hydrogen) atoms. The fourth-order valence-electron chi connectivity index (χ4n) is 1.94. The average molecular weight is 308 g/mol. The predicted molar refractivity (Wildman–Crippen MR) is 79.6 cm³/mol. The molecule has 0 unspecified atom stereocenters. The van der Waals surface area contributed by atoms with E-state index in [1.807, 2.05) is 35.0 Å². The Morgan fingerprint density at radius 1 is 1.20 bits per heavy atom. The number of benzene rings is 1. The highest BCUT2D eigenvalue weighted by molar-refractivity contribution is 6.33. The lowest BCUT2D eigenvalue weighted by Crippen LogP contribution is -2.03. The fourth-order valence-corrected chi connectivity index (χ4v) is 2.38. The molecule has 2 aromatic heterocycles. The average Bonchev–Trinajstić information content (AvgIpc) is 3.08. The van der Waals surface area contributed by atoms with Crippen molar-refractivity contribution in [2.24, 2.45) is 0 Å². The monoisotopic (exact) mass is 307 g/mol. The highest BCUT2D eigenvalue weighted by Gasteiger charge is 2.09. The molecule has 4 nitrogen and oxygen atoms in total. The Bertz CT molecular complexity index is 707. The molecule has 3 rings (SSSR count). The number of hydrogen-bond donors (Lipinski definition) is 1. The number of furan rings is 1. The Hall–Kier alpha value is -1.91. The molecule has 0 saturated carbocycles. The van der Waals surface area contributed by atoms with E-state index in [-0.39, 0.29) is 0 Å². The zero-order valence-electron chi connectivity index (χ0n) is 10.4. The summed E-state index contributed by atoms with van der Waals surface area (Å²) in [6.07, 6.45) is 5.26. The van der Waals surface area contributed by atoms with E-state index < -0.39 is 0 Å². The van der Waals surface area contributed by atoms with E-state index in [1.54, 1.807) is 18.6 Å². The molecule has 0 radical (unpaired) electrons. The Morgan fingerprint density at radius 3 is 2.80 bits per heavy atom. The van der Waals surface area contributed by atoms with Crippen LogP contribution in [-0.2, 0) is 6.54 Å². The van der Waals surface area contributed by atoms with Crippen molar-refractivity contribution in [3.05, 3.63) is 65.1 Å². The van der Waals surface area contributed by atoms with Crippen LogP contribution in [0.5, 0.6) is 0 Å². The van der Waals surface area contributed by atoms with Gasteiger partial charge in [0.1, 0.15) is 5.76 Å². The summed E-state index contributed by atoms with van der Waals surface area (Å²) >= 11 is 12.0. The van der Waals surface area contributed by atoms with Gasteiger partial charge in [-0.15, -0.1) is 0 Å². The van der Waals surface area contributed by atoms with E-state index in [9.17, 15) is 0 Å². The van der Waals surface area contributed by atoms with Crippen molar-refractivity contribution in [2.45, 2.75) is 6.54 Å². The van der Waals surface area contributed by atoms with Gasteiger partial charge in [-0.2, -0.15) is 0 Å². The summed E-state index contributed by atoms with van der Waals surface area (Å²) in [5.74, 6) is 0.756. The minimum atomic E-state index is 0.378. The molecule has 0 aliphatic rings. The molecule has 0 aliphatic heterocycles. The largest absolute Gasteiger partial charge is 0.448 e. The van der Waals surface area contributed by atoms with Gasteiger partial charge >= 0.3 is 0 Å². The molecule has 0 saturated heterocycles. The molecule has 2 heterocycles. The number of halogens is 2. The highest BCUT2D eigenvalue weighted by Crippen LogP contribution is 2.29. The first-order chi connectivity index (χ1) is 9.74. The summed E-state index contributed by atoms with van der Waals surface area (Å²) < 4.78 is 7.18. The number of para-hydroxylation sites is 1. The van der Waals surface area contributed by atoms with Crippen LogP contribution in [0.25, 0.3) is 5.69 Å². The van der Waals surface area contributed by atoms with Crippen LogP contribution in [0.3, 0.4) is 0 Å². The highest BCUT2D eigenvalue weighted by atomic mass is 35.5. The summed E-state index contributed by atoms with van der Waals surface area (Å²) in [6.45, 7) is 0.523. The Morgan fingerprint density at radius 2 is 2.10 bits per heavy atom. The molecule has 102 valence electrons. The number of imidazole rings is 1. The smallest absolute Gasteiger partial charge is 0.193 e. The van der Waals surface area contributed by atoms with E-state index in [4.69, 9.17) is 27.6 Å². The summed E-state index contributed by atoms with van der Waals surface area (Å²) in [4.78, 5) is 4.04. The Labute approximate surface area is 126 Å². The fraction of sp³-hybridized carbons (Fsp3) is 0.0714. The van der Waals surface area contributed by atoms with Crippen molar-refractivity contribution in [3.63, 3.8) is 0 Å². The second kappa shape index (κ2) is 5.61. The van der Waals surface area contributed by atoms with Gasteiger partial charge in [0.2, 0.25) is 0 Å². The first-order valence-electron chi connectivity index (χ1n) is 5.99. The maximum absolute atomic E-state index is 6.27. The molecular formula is C14H11Cl2N3O. The van der Waals surface area contributed by atoms with Crippen LogP contribution >= 0.6 is 23.2 Å². The lowest BCUT2D eigenvalue weighted by atomic mass is 10.2. The number of nitrogens with zero attached hydrogens (tertiary/aromatic N) is 2.